The molecule has 0 aliphatic carbocycles. The Kier molecular flexibility index (Phi) is 8.68. The van der Waals surface area contributed by atoms with Gasteiger partial charge in [-0.1, -0.05) is 66.7 Å². The molecule has 0 saturated heterocycles. The zero-order chi connectivity index (χ0) is 35.5. The van der Waals surface area contributed by atoms with Crippen molar-refractivity contribution in [3.63, 3.8) is 0 Å². The highest BCUT2D eigenvalue weighted by molar-refractivity contribution is 6.11. The number of ketones is 1. The zero-order valence-electron chi connectivity index (χ0n) is 27.6. The molecule has 0 saturated carbocycles. The van der Waals surface area contributed by atoms with Gasteiger partial charge in [-0.2, -0.15) is 5.26 Å². The van der Waals surface area contributed by atoms with Crippen LogP contribution in [0, 0.1) is 11.3 Å². The van der Waals surface area contributed by atoms with E-state index in [-0.39, 0.29) is 23.1 Å². The van der Waals surface area contributed by atoms with E-state index in [9.17, 15) is 14.9 Å². The maximum absolute atomic E-state index is 13.6. The van der Waals surface area contributed by atoms with E-state index in [0.717, 1.165) is 5.56 Å². The number of H-pyrrole nitrogens is 1. The van der Waals surface area contributed by atoms with Crippen molar-refractivity contribution in [2.45, 2.75) is 0 Å². The molecule has 4 N–H and O–H groups in total. The van der Waals surface area contributed by atoms with E-state index in [2.05, 4.69) is 21.4 Å². The molecule has 0 unspecified atom stereocenters. The number of aromatic amines is 1. The monoisotopic (exact) mass is 670 g/mol. The number of anilines is 2. The van der Waals surface area contributed by atoms with Crippen LogP contribution in [0.4, 0.5) is 11.5 Å². The highest BCUT2D eigenvalue weighted by Crippen LogP contribution is 2.37. The van der Waals surface area contributed by atoms with Crippen molar-refractivity contribution in [1.82, 2.24) is 15.0 Å². The fourth-order valence-electron chi connectivity index (χ4n) is 5.91. The summed E-state index contributed by atoms with van der Waals surface area (Å²) in [7, 11) is 3.10. The van der Waals surface area contributed by atoms with Gasteiger partial charge in [0.15, 0.2) is 17.3 Å². The summed E-state index contributed by atoms with van der Waals surface area (Å²) in [6.45, 7) is 0. The van der Waals surface area contributed by atoms with E-state index in [1.54, 1.807) is 87.0 Å². The van der Waals surface area contributed by atoms with E-state index in [4.69, 9.17) is 20.2 Å². The van der Waals surface area contributed by atoms with Crippen molar-refractivity contribution in [3.8, 4) is 51.3 Å². The van der Waals surface area contributed by atoms with Gasteiger partial charge in [-0.05, 0) is 60.2 Å². The highest BCUT2D eigenvalue weighted by Gasteiger charge is 2.19. The van der Waals surface area contributed by atoms with Crippen LogP contribution in [0.3, 0.4) is 0 Å². The number of pyridine rings is 1. The number of fused-ring (bicyclic) bond motifs is 1. The first-order valence-electron chi connectivity index (χ1n) is 15.9. The van der Waals surface area contributed by atoms with Gasteiger partial charge in [-0.3, -0.25) is 9.59 Å². The number of imidazole rings is 1. The van der Waals surface area contributed by atoms with E-state index < -0.39 is 0 Å². The van der Waals surface area contributed by atoms with E-state index in [1.807, 2.05) is 48.5 Å². The first-order chi connectivity index (χ1) is 24.9. The Morgan fingerprint density at radius 2 is 1.47 bits per heavy atom. The first-order valence-corrected chi connectivity index (χ1v) is 15.9. The molecule has 7 aromatic rings. The molecule has 0 aliphatic heterocycles. The molecule has 0 spiro atoms. The average molecular weight is 671 g/mol. The zero-order valence-corrected chi connectivity index (χ0v) is 27.6. The molecule has 0 radical (unpaired) electrons. The average Bonchev–Trinajstić information content (AvgIpc) is 3.61. The van der Waals surface area contributed by atoms with Gasteiger partial charge in [0.1, 0.15) is 23.3 Å². The normalized spacial score (nSPS) is 10.8. The topological polar surface area (TPSA) is 156 Å². The number of nitrogen functional groups attached to an aromatic ring is 1. The molecule has 10 heteroatoms. The number of aromatic nitrogens is 3. The number of methoxy groups -OCH3 is 2. The summed E-state index contributed by atoms with van der Waals surface area (Å²) in [6.07, 6.45) is 0. The Balaban J connectivity index is 1.13. The molecule has 5 aromatic carbocycles. The molecule has 0 aliphatic rings. The summed E-state index contributed by atoms with van der Waals surface area (Å²) in [6, 6.07) is 38.1. The number of carbonyl (C=O) groups excluding carboxylic acids is 2. The third kappa shape index (κ3) is 6.35. The van der Waals surface area contributed by atoms with Gasteiger partial charge in [0.2, 0.25) is 0 Å². The molecule has 1 amide bonds. The van der Waals surface area contributed by atoms with Crippen molar-refractivity contribution in [2.24, 2.45) is 0 Å². The Hall–Kier alpha value is -7.25. The standard InChI is InChI=1S/C41H30N6O4/c1-50-36-19-15-26(21-37(36)51-2)31-22-34(45-39(43)32(31)23-42)24-12-16-28(17-13-24)44-41(49)30-11-7-6-10-29(30)40-46-33-18-14-27(20-35(33)47-40)38(48)25-8-4-3-5-9-25/h3-22H,1-2H3,(H2,43,45)(H,44,49)(H,46,47). The summed E-state index contributed by atoms with van der Waals surface area (Å²) in [4.78, 5) is 39.1. The lowest BCUT2D eigenvalue weighted by molar-refractivity contribution is 0.102. The number of hydrogen-bond acceptors (Lipinski definition) is 8. The Morgan fingerprint density at radius 1 is 0.745 bits per heavy atom. The summed E-state index contributed by atoms with van der Waals surface area (Å²) in [5, 5.41) is 12.9. The van der Waals surface area contributed by atoms with Gasteiger partial charge in [-0.25, -0.2) is 9.97 Å². The maximum atomic E-state index is 13.6. The summed E-state index contributed by atoms with van der Waals surface area (Å²) in [5.41, 5.74) is 13.2. The van der Waals surface area contributed by atoms with Gasteiger partial charge in [0, 0.05) is 33.5 Å². The molecule has 10 nitrogen and oxygen atoms in total. The minimum atomic E-state index is -0.324. The van der Waals surface area contributed by atoms with Crippen molar-refractivity contribution in [1.29, 1.82) is 5.26 Å². The Bertz CT molecular complexity index is 2480. The fraction of sp³-hybridized carbons (Fsp3) is 0.0488. The van der Waals surface area contributed by atoms with Crippen LogP contribution in [0.1, 0.15) is 31.8 Å². The third-order valence-corrected chi connectivity index (χ3v) is 8.50. The van der Waals surface area contributed by atoms with Crippen LogP contribution in [0.25, 0.3) is 44.8 Å². The lowest BCUT2D eigenvalue weighted by atomic mass is 9.98. The van der Waals surface area contributed by atoms with Crippen molar-refractivity contribution in [2.75, 3.05) is 25.3 Å². The van der Waals surface area contributed by atoms with E-state index in [0.29, 0.717) is 73.1 Å². The first kappa shape index (κ1) is 32.3. The van der Waals surface area contributed by atoms with Gasteiger partial charge in [-0.15, -0.1) is 0 Å². The largest absolute Gasteiger partial charge is 0.493 e. The number of amides is 1. The molecule has 2 heterocycles. The van der Waals surface area contributed by atoms with Crippen molar-refractivity contribution < 1.29 is 19.1 Å². The molecule has 2 aromatic heterocycles. The Morgan fingerprint density at radius 3 is 2.22 bits per heavy atom. The van der Waals surface area contributed by atoms with E-state index >= 15 is 0 Å². The van der Waals surface area contributed by atoms with Gasteiger partial charge >= 0.3 is 0 Å². The van der Waals surface area contributed by atoms with Crippen molar-refractivity contribution in [3.05, 3.63) is 144 Å². The molecule has 0 bridgehead atoms. The number of hydrogen-bond donors (Lipinski definition) is 3. The van der Waals surface area contributed by atoms with Crippen LogP contribution in [-0.2, 0) is 0 Å². The van der Waals surface area contributed by atoms with Gasteiger partial charge in [0.25, 0.3) is 5.91 Å². The molecule has 51 heavy (non-hydrogen) atoms. The number of rotatable bonds is 9. The van der Waals surface area contributed by atoms with Gasteiger partial charge < -0.3 is 25.5 Å². The number of carbonyl (C=O) groups is 2. The predicted octanol–water partition coefficient (Wildman–Crippen LogP) is 7.91. The number of nitrogens with zero attached hydrogens (tertiary/aromatic N) is 3. The third-order valence-electron chi connectivity index (χ3n) is 8.50. The summed E-state index contributed by atoms with van der Waals surface area (Å²) in [5.74, 6) is 1.27. The second kappa shape index (κ2) is 13.7. The number of nitriles is 1. The summed E-state index contributed by atoms with van der Waals surface area (Å²) < 4.78 is 10.8. The van der Waals surface area contributed by atoms with Crippen LogP contribution in [0.5, 0.6) is 11.5 Å². The smallest absolute Gasteiger partial charge is 0.256 e. The lowest BCUT2D eigenvalue weighted by Crippen LogP contribution is -2.13. The van der Waals surface area contributed by atoms with Gasteiger partial charge in [0.05, 0.1) is 36.5 Å². The van der Waals surface area contributed by atoms with Crippen LogP contribution < -0.4 is 20.5 Å². The van der Waals surface area contributed by atoms with Crippen LogP contribution in [0.15, 0.2) is 121 Å². The van der Waals surface area contributed by atoms with Crippen LogP contribution >= 0.6 is 0 Å². The maximum Gasteiger partial charge on any atom is 0.256 e. The molecule has 0 fully saturated rings. The predicted molar refractivity (Wildman–Crippen MR) is 197 cm³/mol. The number of nitrogens with one attached hydrogen (secondary N) is 2. The van der Waals surface area contributed by atoms with Crippen LogP contribution in [-0.4, -0.2) is 40.9 Å². The molecule has 248 valence electrons. The fourth-order valence-corrected chi connectivity index (χ4v) is 5.91. The number of nitrogens with two attached hydrogens (primary N) is 1. The minimum Gasteiger partial charge on any atom is -0.493 e. The van der Waals surface area contributed by atoms with E-state index in [1.165, 1.54) is 0 Å². The number of ether oxygens (including phenoxy) is 2. The molecular formula is C41H30N6O4. The Labute approximate surface area is 293 Å². The minimum absolute atomic E-state index is 0.0868. The highest BCUT2D eigenvalue weighted by atomic mass is 16.5. The van der Waals surface area contributed by atoms with Crippen LogP contribution in [0.2, 0.25) is 0 Å². The number of benzene rings is 5. The second-order valence-corrected chi connectivity index (χ2v) is 11.6. The molecule has 0 atom stereocenters. The summed E-state index contributed by atoms with van der Waals surface area (Å²) >= 11 is 0. The molecule has 7 rings (SSSR count). The SMILES string of the molecule is COc1ccc(-c2cc(-c3ccc(NC(=O)c4ccccc4-c4nc5ccc(C(=O)c6ccccc6)cc5[nH]4)cc3)nc(N)c2C#N)cc1OC. The quantitative estimate of drug-likeness (QED) is 0.131. The lowest BCUT2D eigenvalue weighted by Gasteiger charge is -2.13. The second-order valence-electron chi connectivity index (χ2n) is 11.6. The van der Waals surface area contributed by atoms with Crippen molar-refractivity contribution >= 4 is 34.2 Å². The molecular weight excluding hydrogens is 640 g/mol.